The number of rotatable bonds is 16. The van der Waals surface area contributed by atoms with E-state index in [1.807, 2.05) is 12.1 Å². The maximum absolute atomic E-state index is 14.6. The van der Waals surface area contributed by atoms with Crippen molar-refractivity contribution in [2.75, 3.05) is 13.7 Å². The minimum atomic E-state index is -4.60. The third-order valence-electron chi connectivity index (χ3n) is 8.45. The Morgan fingerprint density at radius 1 is 0.545 bits per heavy atom. The smallest absolute Gasteiger partial charge is 0.459 e. The summed E-state index contributed by atoms with van der Waals surface area (Å²) >= 11 is 0. The summed E-state index contributed by atoms with van der Waals surface area (Å²) in [5.41, 5.74) is 1.98. The fraction of sp³-hybridized carbons (Fsp3) is 0.214. The van der Waals surface area contributed by atoms with Crippen LogP contribution < -0.4 is 0 Å². The van der Waals surface area contributed by atoms with E-state index in [0.29, 0.717) is 11.1 Å². The van der Waals surface area contributed by atoms with Gasteiger partial charge in [0.1, 0.15) is 18.8 Å². The Kier molecular flexibility index (Phi) is 13.7. The van der Waals surface area contributed by atoms with Crippen LogP contribution in [-0.4, -0.2) is 62.3 Å². The van der Waals surface area contributed by atoms with Crippen molar-refractivity contribution in [3.8, 4) is 0 Å². The van der Waals surface area contributed by atoms with Crippen molar-refractivity contribution in [3.63, 3.8) is 0 Å². The number of ether oxygens (including phenoxy) is 5. The predicted molar refractivity (Wildman–Crippen MR) is 199 cm³/mol. The molecule has 5 aromatic rings. The van der Waals surface area contributed by atoms with Crippen molar-refractivity contribution < 1.29 is 56.2 Å². The van der Waals surface area contributed by atoms with Crippen LogP contribution >= 0.6 is 7.82 Å². The van der Waals surface area contributed by atoms with E-state index >= 15 is 0 Å². The Balaban J connectivity index is 1.35. The number of methoxy groups -OCH3 is 1. The molecule has 0 radical (unpaired) electrons. The largest absolute Gasteiger partial charge is 0.477 e. The highest BCUT2D eigenvalue weighted by Crippen LogP contribution is 2.53. The lowest BCUT2D eigenvalue weighted by Crippen LogP contribution is -2.62. The van der Waals surface area contributed by atoms with Gasteiger partial charge in [0.05, 0.1) is 29.9 Å². The quantitative estimate of drug-likeness (QED) is 0.0555. The van der Waals surface area contributed by atoms with Crippen molar-refractivity contribution in [3.05, 3.63) is 179 Å². The molecule has 0 aliphatic carbocycles. The lowest BCUT2D eigenvalue weighted by Gasteiger charge is -2.44. The Hall–Kier alpha value is -5.46. The first kappa shape index (κ1) is 39.2. The van der Waals surface area contributed by atoms with E-state index in [2.05, 4.69) is 0 Å². The van der Waals surface area contributed by atoms with Crippen LogP contribution in [0.3, 0.4) is 0 Å². The first-order chi connectivity index (χ1) is 26.8. The summed E-state index contributed by atoms with van der Waals surface area (Å²) < 4.78 is 62.3. The average molecular weight is 767 g/mol. The molecule has 13 heteroatoms. The molecule has 1 saturated heterocycles. The summed E-state index contributed by atoms with van der Waals surface area (Å²) in [6.07, 6.45) is -7.26. The molecule has 55 heavy (non-hydrogen) atoms. The summed E-state index contributed by atoms with van der Waals surface area (Å²) in [7, 11) is -3.29. The summed E-state index contributed by atoms with van der Waals surface area (Å²) in [4.78, 5) is 40.2. The zero-order chi connectivity index (χ0) is 38.5. The first-order valence-electron chi connectivity index (χ1n) is 17.4. The van der Waals surface area contributed by atoms with Crippen molar-refractivity contribution >= 4 is 25.7 Å². The van der Waals surface area contributed by atoms with Crippen molar-refractivity contribution in [1.29, 1.82) is 0 Å². The molecule has 0 spiro atoms. The van der Waals surface area contributed by atoms with Gasteiger partial charge in [-0.15, -0.1) is 0 Å². The molecule has 0 amide bonds. The maximum atomic E-state index is 14.6. The highest BCUT2D eigenvalue weighted by molar-refractivity contribution is 7.48. The normalized spacial score (nSPS) is 19.5. The molecule has 0 N–H and O–H groups in total. The number of hydrogen-bond donors (Lipinski definition) is 0. The van der Waals surface area contributed by atoms with Crippen LogP contribution in [0.2, 0.25) is 0 Å². The van der Waals surface area contributed by atoms with E-state index in [4.69, 9.17) is 37.3 Å². The Labute approximate surface area is 318 Å². The fourth-order valence-corrected chi connectivity index (χ4v) is 6.90. The lowest BCUT2D eigenvalue weighted by molar-refractivity contribution is -0.284. The van der Waals surface area contributed by atoms with Crippen LogP contribution in [0.4, 0.5) is 0 Å². The van der Waals surface area contributed by atoms with Crippen molar-refractivity contribution in [2.24, 2.45) is 0 Å². The zero-order valence-corrected chi connectivity index (χ0v) is 30.7. The molecule has 0 aromatic heterocycles. The van der Waals surface area contributed by atoms with Gasteiger partial charge in [-0.2, -0.15) is 0 Å². The third-order valence-corrected chi connectivity index (χ3v) is 9.81. The number of phosphoric acid groups is 1. The minimum Gasteiger partial charge on any atom is -0.459 e. The topological polar surface area (TPSA) is 142 Å². The average Bonchev–Trinajstić information content (AvgIpc) is 3.24. The molecule has 5 atom stereocenters. The van der Waals surface area contributed by atoms with Crippen LogP contribution in [0.5, 0.6) is 0 Å². The van der Waals surface area contributed by atoms with Gasteiger partial charge in [0.25, 0.3) is 0 Å². The molecule has 5 aromatic carbocycles. The second-order valence-electron chi connectivity index (χ2n) is 12.3. The van der Waals surface area contributed by atoms with Crippen molar-refractivity contribution in [1.82, 2.24) is 0 Å². The molecule has 1 fully saturated rings. The maximum Gasteiger partial charge on any atom is 0.477 e. The van der Waals surface area contributed by atoms with Gasteiger partial charge in [-0.25, -0.2) is 18.9 Å². The Morgan fingerprint density at radius 3 is 1.38 bits per heavy atom. The fourth-order valence-electron chi connectivity index (χ4n) is 5.66. The van der Waals surface area contributed by atoms with Crippen LogP contribution in [-0.2, 0) is 55.0 Å². The zero-order valence-electron chi connectivity index (χ0n) is 29.8. The van der Waals surface area contributed by atoms with E-state index in [9.17, 15) is 18.9 Å². The van der Waals surface area contributed by atoms with Crippen molar-refractivity contribution in [2.45, 2.75) is 43.9 Å². The van der Waals surface area contributed by atoms with Gasteiger partial charge in [0, 0.05) is 7.11 Å². The highest BCUT2D eigenvalue weighted by Gasteiger charge is 2.54. The van der Waals surface area contributed by atoms with Gasteiger partial charge in [-0.05, 0) is 47.5 Å². The van der Waals surface area contributed by atoms with Crippen LogP contribution in [0.15, 0.2) is 152 Å². The second kappa shape index (κ2) is 19.2. The number of esters is 3. The van der Waals surface area contributed by atoms with Gasteiger partial charge in [0.15, 0.2) is 12.2 Å². The minimum absolute atomic E-state index is 0.177. The number of carbonyl (C=O) groups is 3. The molecule has 12 nitrogen and oxygen atoms in total. The lowest BCUT2D eigenvalue weighted by atomic mass is 9.98. The molecule has 1 aliphatic rings. The molecule has 0 saturated carbocycles. The van der Waals surface area contributed by atoms with E-state index in [1.54, 1.807) is 140 Å². The summed E-state index contributed by atoms with van der Waals surface area (Å²) in [5.74, 6) is -2.26. The Bertz CT molecular complexity index is 1970. The monoisotopic (exact) mass is 766 g/mol. The van der Waals surface area contributed by atoms with E-state index < -0.39 is 63.0 Å². The van der Waals surface area contributed by atoms with Gasteiger partial charge in [-0.1, -0.05) is 115 Å². The molecule has 1 aliphatic heterocycles. The van der Waals surface area contributed by atoms with Gasteiger partial charge < -0.3 is 23.7 Å². The number of phosphoric ester groups is 1. The molecule has 1 heterocycles. The van der Waals surface area contributed by atoms with Gasteiger partial charge >= 0.3 is 25.7 Å². The summed E-state index contributed by atoms with van der Waals surface area (Å²) in [6, 6.07) is 42.5. The van der Waals surface area contributed by atoms with E-state index in [-0.39, 0.29) is 29.9 Å². The molecule has 0 bridgehead atoms. The molecular weight excluding hydrogens is 727 g/mol. The summed E-state index contributed by atoms with van der Waals surface area (Å²) in [6.45, 7) is -0.853. The Morgan fingerprint density at radius 2 is 0.945 bits per heavy atom. The number of carbonyl (C=O) groups excluding carboxylic acids is 3. The van der Waals surface area contributed by atoms with Gasteiger partial charge in [-0.3, -0.25) is 13.6 Å². The molecule has 284 valence electrons. The van der Waals surface area contributed by atoms with Gasteiger partial charge in [0.2, 0.25) is 6.29 Å². The van der Waals surface area contributed by atoms with E-state index in [0.717, 1.165) is 0 Å². The van der Waals surface area contributed by atoms with E-state index in [1.165, 1.54) is 7.11 Å². The molecule has 0 unspecified atom stereocenters. The van der Waals surface area contributed by atoms with Crippen LogP contribution in [0.25, 0.3) is 0 Å². The highest BCUT2D eigenvalue weighted by atomic mass is 31.2. The van der Waals surface area contributed by atoms with Crippen LogP contribution in [0, 0.1) is 0 Å². The molecule has 6 rings (SSSR count). The first-order valence-corrected chi connectivity index (χ1v) is 18.9. The molecular formula is C42H39O12P. The number of benzene rings is 5. The SMILES string of the molecule is CO[C@@H]1[C@H](OC(=O)c2ccccc2)[C@H](OP(=O)(OCc2ccccc2)OCc2ccccc2)O[C@H](COC(=O)c2ccccc2)[C@H]1OC(=O)c1ccccc1. The number of hydrogen-bond acceptors (Lipinski definition) is 12. The second-order valence-corrected chi connectivity index (χ2v) is 13.9. The summed E-state index contributed by atoms with van der Waals surface area (Å²) in [5, 5.41) is 0. The standard InChI is InChI=1S/C42H39O12P/c1-47-37-36(52-40(44)33-23-13-5-14-24-33)35(29-48-39(43)32-21-11-4-12-22-32)51-42(38(37)53-41(45)34-25-15-6-16-26-34)54-55(46,49-27-30-17-7-2-8-18-30)50-28-31-19-9-3-10-20-31/h2-26,35-38,42H,27-29H2,1H3/t35-,36-,37+,38+,42+/m1/s1. The predicted octanol–water partition coefficient (Wildman–Crippen LogP) is 7.59. The van der Waals surface area contributed by atoms with Crippen LogP contribution in [0.1, 0.15) is 42.2 Å². The third kappa shape index (κ3) is 10.8.